The van der Waals surface area contributed by atoms with Gasteiger partial charge in [-0.05, 0) is 48.1 Å². The van der Waals surface area contributed by atoms with Crippen LogP contribution in [-0.2, 0) is 11.8 Å². The van der Waals surface area contributed by atoms with Crippen LogP contribution in [0.4, 0.5) is 0 Å². The van der Waals surface area contributed by atoms with Gasteiger partial charge in [-0.15, -0.1) is 10.2 Å². The van der Waals surface area contributed by atoms with E-state index in [9.17, 15) is 4.79 Å². The van der Waals surface area contributed by atoms with E-state index in [0.717, 1.165) is 12.3 Å². The summed E-state index contributed by atoms with van der Waals surface area (Å²) in [5, 5.41) is 12.4. The number of fused-ring (bicyclic) bond motifs is 2. The first-order valence-electron chi connectivity index (χ1n) is 9.18. The van der Waals surface area contributed by atoms with Crippen LogP contribution in [0, 0.1) is 16.7 Å². The average molecular weight is 375 g/mol. The van der Waals surface area contributed by atoms with Gasteiger partial charge in [-0.25, -0.2) is 0 Å². The summed E-state index contributed by atoms with van der Waals surface area (Å²) in [5.74, 6) is 2.49. The number of aromatic nitrogens is 3. The van der Waals surface area contributed by atoms with Crippen LogP contribution in [0.5, 0.6) is 0 Å². The number of hydrogen-bond donors (Lipinski definition) is 1. The van der Waals surface area contributed by atoms with Crippen molar-refractivity contribution in [3.63, 3.8) is 0 Å². The fraction of sp³-hybridized carbons (Fsp3) is 0.632. The van der Waals surface area contributed by atoms with Crippen LogP contribution >= 0.6 is 11.8 Å². The second-order valence-electron chi connectivity index (χ2n) is 8.36. The van der Waals surface area contributed by atoms with Gasteiger partial charge in [0.2, 0.25) is 5.91 Å². The Kier molecular flexibility index (Phi) is 4.17. The van der Waals surface area contributed by atoms with Crippen molar-refractivity contribution in [1.29, 1.82) is 0 Å². The standard InChI is InChI=1S/C19H26N4O2S/c1-18(2)12-7-8-19(18,3)14(10-12)20-15(24)11-26-17-22-21-16(23(17)4)13-6-5-9-25-13/h5-6,9,12,14H,7-8,10-11H2,1-4H3,(H,20,24)/t12-,14-,19+/m1/s1. The second-order valence-corrected chi connectivity index (χ2v) is 9.30. The number of furan rings is 1. The van der Waals surface area contributed by atoms with Crippen molar-refractivity contribution in [2.24, 2.45) is 23.8 Å². The molecule has 2 bridgehead atoms. The zero-order valence-corrected chi connectivity index (χ0v) is 16.6. The topological polar surface area (TPSA) is 73.0 Å². The van der Waals surface area contributed by atoms with Crippen LogP contribution in [-0.4, -0.2) is 32.5 Å². The highest BCUT2D eigenvalue weighted by molar-refractivity contribution is 7.99. The molecule has 6 nitrogen and oxygen atoms in total. The summed E-state index contributed by atoms with van der Waals surface area (Å²) in [6.07, 6.45) is 5.21. The molecule has 7 heteroatoms. The van der Waals surface area contributed by atoms with E-state index in [0.29, 0.717) is 27.9 Å². The first-order valence-corrected chi connectivity index (χ1v) is 10.2. The largest absolute Gasteiger partial charge is 0.461 e. The number of hydrogen-bond acceptors (Lipinski definition) is 5. The van der Waals surface area contributed by atoms with Gasteiger partial charge in [0.05, 0.1) is 12.0 Å². The summed E-state index contributed by atoms with van der Waals surface area (Å²) in [4.78, 5) is 12.5. The van der Waals surface area contributed by atoms with Crippen LogP contribution < -0.4 is 5.32 Å². The SMILES string of the molecule is Cn1c(SCC(=O)N[C@@H]2C[C@H]3CC[C@]2(C)C3(C)C)nnc1-c1ccco1. The fourth-order valence-corrected chi connectivity index (χ4v) is 5.57. The minimum absolute atomic E-state index is 0.0760. The van der Waals surface area contributed by atoms with Gasteiger partial charge < -0.3 is 14.3 Å². The van der Waals surface area contributed by atoms with Gasteiger partial charge in [-0.2, -0.15) is 0 Å². The molecule has 2 saturated carbocycles. The third kappa shape index (κ3) is 2.59. The summed E-state index contributed by atoms with van der Waals surface area (Å²) >= 11 is 1.41. The molecule has 2 aromatic heterocycles. The highest BCUT2D eigenvalue weighted by Gasteiger charge is 2.61. The molecule has 26 heavy (non-hydrogen) atoms. The maximum atomic E-state index is 12.5. The number of carbonyl (C=O) groups excluding carboxylic acids is 1. The van der Waals surface area contributed by atoms with Crippen molar-refractivity contribution in [2.45, 2.75) is 51.2 Å². The van der Waals surface area contributed by atoms with Gasteiger partial charge in [0.15, 0.2) is 16.7 Å². The van der Waals surface area contributed by atoms with E-state index in [1.807, 2.05) is 23.7 Å². The number of thioether (sulfide) groups is 1. The first kappa shape index (κ1) is 17.6. The number of rotatable bonds is 5. The van der Waals surface area contributed by atoms with Crippen molar-refractivity contribution < 1.29 is 9.21 Å². The number of nitrogens with zero attached hydrogens (tertiary/aromatic N) is 3. The van der Waals surface area contributed by atoms with E-state index in [1.165, 1.54) is 24.6 Å². The predicted molar refractivity (Wildman–Crippen MR) is 101 cm³/mol. The average Bonchev–Trinajstić information content (AvgIpc) is 3.31. The Morgan fingerprint density at radius 3 is 2.85 bits per heavy atom. The van der Waals surface area contributed by atoms with Crippen LogP contribution in [0.2, 0.25) is 0 Å². The zero-order valence-electron chi connectivity index (χ0n) is 15.8. The summed E-state index contributed by atoms with van der Waals surface area (Å²) in [6.45, 7) is 7.07. The van der Waals surface area contributed by atoms with Gasteiger partial charge in [0.25, 0.3) is 0 Å². The Hall–Kier alpha value is -1.76. The van der Waals surface area contributed by atoms with E-state index < -0.39 is 0 Å². The molecular weight excluding hydrogens is 348 g/mol. The normalized spacial score (nSPS) is 29.2. The Morgan fingerprint density at radius 1 is 1.42 bits per heavy atom. The molecule has 2 aromatic rings. The Labute approximate surface area is 158 Å². The van der Waals surface area contributed by atoms with E-state index in [-0.39, 0.29) is 17.4 Å². The number of amides is 1. The molecule has 3 atom stereocenters. The quantitative estimate of drug-likeness (QED) is 0.811. The molecule has 2 heterocycles. The van der Waals surface area contributed by atoms with Crippen LogP contribution in [0.1, 0.15) is 40.0 Å². The summed E-state index contributed by atoms with van der Waals surface area (Å²) in [7, 11) is 1.89. The number of nitrogens with one attached hydrogen (secondary N) is 1. The van der Waals surface area contributed by atoms with Gasteiger partial charge in [-0.1, -0.05) is 32.5 Å². The molecule has 0 spiro atoms. The molecule has 1 amide bonds. The monoisotopic (exact) mass is 374 g/mol. The van der Waals surface area contributed by atoms with E-state index in [1.54, 1.807) is 6.26 Å². The minimum Gasteiger partial charge on any atom is -0.461 e. The molecule has 2 fully saturated rings. The molecule has 0 saturated heterocycles. The summed E-state index contributed by atoms with van der Waals surface area (Å²) < 4.78 is 7.23. The van der Waals surface area contributed by atoms with Crippen molar-refractivity contribution >= 4 is 17.7 Å². The lowest BCUT2D eigenvalue weighted by Crippen LogP contribution is -2.47. The molecular formula is C19H26N4O2S. The van der Waals surface area contributed by atoms with Crippen molar-refractivity contribution in [2.75, 3.05) is 5.75 Å². The molecule has 0 unspecified atom stereocenters. The molecule has 0 aromatic carbocycles. The Bertz CT molecular complexity index is 814. The van der Waals surface area contributed by atoms with Gasteiger partial charge >= 0.3 is 0 Å². The van der Waals surface area contributed by atoms with Crippen molar-refractivity contribution in [1.82, 2.24) is 20.1 Å². The fourth-order valence-electron chi connectivity index (χ4n) is 4.85. The van der Waals surface area contributed by atoms with Gasteiger partial charge in [-0.3, -0.25) is 4.79 Å². The molecule has 0 radical (unpaired) electrons. The van der Waals surface area contributed by atoms with E-state index >= 15 is 0 Å². The second kappa shape index (κ2) is 6.15. The van der Waals surface area contributed by atoms with Crippen molar-refractivity contribution in [3.8, 4) is 11.6 Å². The third-order valence-corrected chi connectivity index (χ3v) is 8.06. The van der Waals surface area contributed by atoms with Crippen LogP contribution in [0.25, 0.3) is 11.6 Å². The lowest BCUT2D eigenvalue weighted by Gasteiger charge is -2.39. The van der Waals surface area contributed by atoms with Gasteiger partial charge in [0, 0.05) is 13.1 Å². The summed E-state index contributed by atoms with van der Waals surface area (Å²) in [5.41, 5.74) is 0.509. The minimum atomic E-state index is 0.0760. The van der Waals surface area contributed by atoms with E-state index in [4.69, 9.17) is 4.42 Å². The number of carbonyl (C=O) groups is 1. The van der Waals surface area contributed by atoms with E-state index in [2.05, 4.69) is 36.3 Å². The molecule has 140 valence electrons. The zero-order chi connectivity index (χ0) is 18.5. The van der Waals surface area contributed by atoms with Crippen LogP contribution in [0.15, 0.2) is 28.0 Å². The first-order chi connectivity index (χ1) is 12.3. The predicted octanol–water partition coefficient (Wildman–Crippen LogP) is 3.50. The Balaban J connectivity index is 1.37. The summed E-state index contributed by atoms with van der Waals surface area (Å²) in [6, 6.07) is 3.95. The third-order valence-electron chi connectivity index (χ3n) is 7.04. The highest BCUT2D eigenvalue weighted by atomic mass is 32.2. The molecule has 4 rings (SSSR count). The molecule has 1 N–H and O–H groups in total. The lowest BCUT2D eigenvalue weighted by molar-refractivity contribution is -0.120. The maximum absolute atomic E-state index is 12.5. The van der Waals surface area contributed by atoms with Crippen LogP contribution in [0.3, 0.4) is 0 Å². The smallest absolute Gasteiger partial charge is 0.230 e. The molecule has 0 aliphatic heterocycles. The highest BCUT2D eigenvalue weighted by Crippen LogP contribution is 2.65. The van der Waals surface area contributed by atoms with Gasteiger partial charge in [0.1, 0.15) is 0 Å². The lowest BCUT2D eigenvalue weighted by atomic mass is 9.69. The Morgan fingerprint density at radius 2 is 2.23 bits per heavy atom. The molecule has 2 aliphatic rings. The maximum Gasteiger partial charge on any atom is 0.230 e. The van der Waals surface area contributed by atoms with Crippen molar-refractivity contribution in [3.05, 3.63) is 18.4 Å². The molecule has 2 aliphatic carbocycles.